The molecule has 0 bridgehead atoms. The van der Waals surface area contributed by atoms with Gasteiger partial charge in [-0.3, -0.25) is 4.79 Å². The van der Waals surface area contributed by atoms with Gasteiger partial charge < -0.3 is 14.1 Å². The maximum absolute atomic E-state index is 13.0. The van der Waals surface area contributed by atoms with E-state index in [2.05, 4.69) is 11.9 Å². The second-order valence-corrected chi connectivity index (χ2v) is 6.90. The lowest BCUT2D eigenvalue weighted by atomic mass is 9.99. The zero-order valence-electron chi connectivity index (χ0n) is 15.9. The highest BCUT2D eigenvalue weighted by molar-refractivity contribution is 6.19. The van der Waals surface area contributed by atoms with E-state index in [9.17, 15) is 14.9 Å². The van der Waals surface area contributed by atoms with Gasteiger partial charge in [-0.2, -0.15) is 5.26 Å². The highest BCUT2D eigenvalue weighted by atomic mass is 16.5. The average molecular weight is 366 g/mol. The highest BCUT2D eigenvalue weighted by Gasteiger charge is 2.36. The molecule has 1 fully saturated rings. The van der Waals surface area contributed by atoms with Crippen LogP contribution in [0.4, 0.5) is 0 Å². The maximum Gasteiger partial charge on any atom is 0.340 e. The van der Waals surface area contributed by atoms with Crippen molar-refractivity contribution >= 4 is 17.8 Å². The summed E-state index contributed by atoms with van der Waals surface area (Å²) in [6, 6.07) is 5.57. The third-order valence-electron chi connectivity index (χ3n) is 4.86. The van der Waals surface area contributed by atoms with E-state index in [1.807, 2.05) is 12.1 Å². The van der Waals surface area contributed by atoms with Gasteiger partial charge in [-0.05, 0) is 45.2 Å². The molecule has 2 atom stereocenters. The van der Waals surface area contributed by atoms with Gasteiger partial charge in [0, 0.05) is 23.4 Å². The van der Waals surface area contributed by atoms with E-state index >= 15 is 0 Å². The van der Waals surface area contributed by atoms with Crippen LogP contribution in [0.2, 0.25) is 0 Å². The molecule has 140 valence electrons. The molecule has 3 rings (SSSR count). The number of ether oxygens (including phenoxy) is 1. The summed E-state index contributed by atoms with van der Waals surface area (Å²) in [6.45, 7) is 7.44. The summed E-state index contributed by atoms with van der Waals surface area (Å²) in [4.78, 5) is 28.3. The first kappa shape index (κ1) is 18.7. The van der Waals surface area contributed by atoms with Gasteiger partial charge in [-0.15, -0.1) is 0 Å². The van der Waals surface area contributed by atoms with Crippen molar-refractivity contribution in [1.29, 1.82) is 5.26 Å². The lowest BCUT2D eigenvalue weighted by Crippen LogP contribution is -2.13. The van der Waals surface area contributed by atoms with Crippen LogP contribution in [0.5, 0.6) is 0 Å². The van der Waals surface area contributed by atoms with Crippen LogP contribution in [-0.2, 0) is 4.74 Å². The number of allylic oxidation sites excluding steroid dienone is 1. The molecule has 1 aliphatic rings. The number of H-pyrrole nitrogens is 1. The Labute approximate surface area is 157 Å². The number of rotatable bonds is 6. The monoisotopic (exact) mass is 366 g/mol. The summed E-state index contributed by atoms with van der Waals surface area (Å²) in [7, 11) is 0. The van der Waals surface area contributed by atoms with Gasteiger partial charge in [-0.25, -0.2) is 4.79 Å². The van der Waals surface area contributed by atoms with Crippen molar-refractivity contribution in [2.75, 3.05) is 6.61 Å². The Morgan fingerprint density at radius 2 is 2.00 bits per heavy atom. The molecule has 0 aliphatic heterocycles. The quantitative estimate of drug-likeness (QED) is 0.355. The summed E-state index contributed by atoms with van der Waals surface area (Å²) in [5.74, 6) is 1.24. The largest absolute Gasteiger partial charge is 0.462 e. The van der Waals surface area contributed by atoms with Gasteiger partial charge in [0.15, 0.2) is 0 Å². The number of hydrogen-bond acceptors (Lipinski definition) is 5. The molecule has 27 heavy (non-hydrogen) atoms. The molecule has 1 aliphatic carbocycles. The number of ketones is 1. The molecule has 1 saturated carbocycles. The minimum atomic E-state index is -0.581. The van der Waals surface area contributed by atoms with E-state index in [1.54, 1.807) is 26.8 Å². The number of aromatic amines is 1. The van der Waals surface area contributed by atoms with Crippen molar-refractivity contribution in [2.45, 2.75) is 40.0 Å². The first-order valence-electron chi connectivity index (χ1n) is 8.99. The predicted octanol–water partition coefficient (Wildman–Crippen LogP) is 4.31. The van der Waals surface area contributed by atoms with Gasteiger partial charge >= 0.3 is 5.97 Å². The summed E-state index contributed by atoms with van der Waals surface area (Å²) >= 11 is 0. The Bertz CT molecular complexity index is 971. The molecule has 0 aromatic carbocycles. The molecule has 0 saturated heterocycles. The third-order valence-corrected chi connectivity index (χ3v) is 4.86. The molecule has 0 amide bonds. The minimum Gasteiger partial charge on any atom is -0.462 e. The lowest BCUT2D eigenvalue weighted by molar-refractivity contribution is 0.0523. The molecule has 6 nitrogen and oxygen atoms in total. The number of nitriles is 1. The summed E-state index contributed by atoms with van der Waals surface area (Å²) in [5, 5.41) is 9.51. The smallest absolute Gasteiger partial charge is 0.340 e. The second kappa shape index (κ2) is 7.28. The Hall–Kier alpha value is -3.07. The molecule has 2 heterocycles. The number of esters is 1. The first-order valence-corrected chi connectivity index (χ1v) is 8.99. The molecule has 6 heteroatoms. The minimum absolute atomic E-state index is 0.0904. The number of aryl methyl sites for hydroxylation is 2. The standard InChI is InChI=1S/C21H22N2O4/c1-5-26-21(25)19-13(4)23-12(3)18(19)20(24)14(10-22)9-15-6-7-17(27-15)16-8-11(16)2/h6-7,9,11,16,23H,5,8H2,1-4H3/b14-9+/t11-,16-/m1/s1. The number of Topliss-reactive ketones (excluding diaryl/α,β-unsaturated/α-hetero) is 1. The van der Waals surface area contributed by atoms with Crippen LogP contribution in [-0.4, -0.2) is 23.3 Å². The van der Waals surface area contributed by atoms with Crippen LogP contribution in [0.25, 0.3) is 6.08 Å². The van der Waals surface area contributed by atoms with Crippen molar-refractivity contribution in [2.24, 2.45) is 5.92 Å². The van der Waals surface area contributed by atoms with Gasteiger partial charge in [0.1, 0.15) is 23.2 Å². The highest BCUT2D eigenvalue weighted by Crippen LogP contribution is 2.47. The normalized spacial score (nSPS) is 18.9. The molecule has 2 aromatic rings. The molecule has 0 spiro atoms. The number of nitrogens with zero attached hydrogens (tertiary/aromatic N) is 1. The predicted molar refractivity (Wildman–Crippen MR) is 99.4 cm³/mol. The van der Waals surface area contributed by atoms with Crippen molar-refractivity contribution in [1.82, 2.24) is 4.98 Å². The molecule has 1 N–H and O–H groups in total. The Morgan fingerprint density at radius 3 is 2.59 bits per heavy atom. The van der Waals surface area contributed by atoms with Crippen LogP contribution in [0.15, 0.2) is 22.1 Å². The SMILES string of the molecule is CCOC(=O)c1c(C)[nH]c(C)c1C(=O)/C(C#N)=C/c1ccc([C@@H]2C[C@H]2C)o1. The van der Waals surface area contributed by atoms with Crippen molar-refractivity contribution in [3.8, 4) is 6.07 Å². The zero-order valence-corrected chi connectivity index (χ0v) is 15.9. The number of carbonyl (C=O) groups excluding carboxylic acids is 2. The lowest BCUT2D eigenvalue weighted by Gasteiger charge is -2.05. The van der Waals surface area contributed by atoms with Crippen molar-refractivity contribution in [3.05, 3.63) is 51.7 Å². The van der Waals surface area contributed by atoms with E-state index in [0.717, 1.165) is 12.2 Å². The fourth-order valence-corrected chi connectivity index (χ4v) is 3.31. The van der Waals surface area contributed by atoms with Crippen LogP contribution in [0.3, 0.4) is 0 Å². The molecule has 2 aromatic heterocycles. The second-order valence-electron chi connectivity index (χ2n) is 6.90. The number of furan rings is 1. The first-order chi connectivity index (χ1) is 12.9. The molecule has 0 radical (unpaired) electrons. The van der Waals surface area contributed by atoms with Crippen LogP contribution in [0, 0.1) is 31.1 Å². The summed E-state index contributed by atoms with van der Waals surface area (Å²) in [6.07, 6.45) is 2.51. The summed E-state index contributed by atoms with van der Waals surface area (Å²) < 4.78 is 10.8. The Morgan fingerprint density at radius 1 is 1.33 bits per heavy atom. The van der Waals surface area contributed by atoms with Crippen LogP contribution >= 0.6 is 0 Å². The molecule has 0 unspecified atom stereocenters. The number of hydrogen-bond donors (Lipinski definition) is 1. The van der Waals surface area contributed by atoms with E-state index in [4.69, 9.17) is 9.15 Å². The van der Waals surface area contributed by atoms with Crippen molar-refractivity contribution < 1.29 is 18.7 Å². The zero-order chi connectivity index (χ0) is 19.7. The topological polar surface area (TPSA) is 96.1 Å². The third kappa shape index (κ3) is 3.59. The average Bonchev–Trinajstić information content (AvgIpc) is 3.04. The van der Waals surface area contributed by atoms with Crippen LogP contribution in [0.1, 0.15) is 69.8 Å². The van der Waals surface area contributed by atoms with Crippen LogP contribution < -0.4 is 0 Å². The van der Waals surface area contributed by atoms with E-state index < -0.39 is 11.8 Å². The molecular formula is C21H22N2O4. The Kier molecular flexibility index (Phi) is 5.04. The fraction of sp³-hybridized carbons (Fsp3) is 0.381. The molecular weight excluding hydrogens is 344 g/mol. The van der Waals surface area contributed by atoms with Gasteiger partial charge in [-0.1, -0.05) is 6.92 Å². The van der Waals surface area contributed by atoms with Gasteiger partial charge in [0.2, 0.25) is 5.78 Å². The fourth-order valence-electron chi connectivity index (χ4n) is 3.31. The summed E-state index contributed by atoms with van der Waals surface area (Å²) in [5.41, 5.74) is 1.31. The maximum atomic E-state index is 13.0. The van der Waals surface area contributed by atoms with Gasteiger partial charge in [0.25, 0.3) is 0 Å². The Balaban J connectivity index is 1.95. The van der Waals surface area contributed by atoms with Crippen molar-refractivity contribution in [3.63, 3.8) is 0 Å². The number of aromatic nitrogens is 1. The van der Waals surface area contributed by atoms with E-state index in [-0.39, 0.29) is 23.3 Å². The van der Waals surface area contributed by atoms with Gasteiger partial charge in [0.05, 0.1) is 17.7 Å². The van der Waals surface area contributed by atoms with E-state index in [0.29, 0.717) is 29.0 Å². The number of nitrogens with one attached hydrogen (secondary N) is 1. The number of carbonyl (C=O) groups is 2. The van der Waals surface area contributed by atoms with E-state index in [1.165, 1.54) is 6.08 Å².